The Morgan fingerprint density at radius 3 is 1.22 bits per heavy atom. The SMILES string of the molecule is CCC(CF)Oc1c(F)cc2cc1CN(C)C(=O)[C@H](Nc1ccc3c(N)nccc3c1)c1ccc(c(C)c1)[C@@H](C)COC(=O)N2.CC[C@H](C)Oc1c(F)cc2cc1CN(C)C(=O)[C@H](Nc1ccc3c(N)nccc3c1)c1ccc(c(C)c1)[C@@H](C)COC(=O)N2.Cc1cc2ccc1[C@@H](C)COC(=O)Nc1cc(C)c(S(=O)(=O)C(C)C)c(c1)CN(C)C(=O)[C@@H]2Nc1cc2ccnc(N)c2cc1F. The van der Waals surface area contributed by atoms with E-state index in [2.05, 4.69) is 46.9 Å². The lowest BCUT2D eigenvalue weighted by atomic mass is 9.93. The number of rotatable bonds is 15. The molecular weight excluding hydrogens is 1750 g/mol. The summed E-state index contributed by atoms with van der Waals surface area (Å²) in [5.74, 6) is -2.59. The third-order valence-electron chi connectivity index (χ3n) is 24.4. The van der Waals surface area contributed by atoms with Crippen LogP contribution in [0.15, 0.2) is 181 Å². The number of hydrogen-bond donors (Lipinski definition) is 9. The molecule has 708 valence electrons. The lowest BCUT2D eigenvalue weighted by Gasteiger charge is -2.28. The minimum absolute atomic E-state index is 0.0261. The standard InChI is InChI=1S/C34H37F2N5O4.C34H38FN5O5S.C34H38FN5O4/c1-5-26(16-35)45-31-23-14-25(15-29(31)36)40-34(43)44-18-20(3)27-8-6-22(12-19(27)2)30(33(42)41(4)17-23)39-24-7-9-28-21(13-24)10-11-38-32(28)37;1-18(2)46(43,44)31-20(4)12-25-13-24(31)16-40(6)33(41)30(39-29-14-22-9-10-37-32(36)27(22)15-28(29)35)23-7-8-26(19(3)11-23)21(5)17-45-34(42)38-25;1-6-21(4)44-31-24-15-26(16-29(31)35)39-34(42)43-18-20(3)27-9-7-23(13-19(27)2)30(33(41)40(5)17-24)38-25-8-10-28-22(14-25)11-12-37-32(28)36/h6-15,20,26,30,39H,5,16-18H2,1-4H3,(H2,37,38)(H,40,43);7-15,18,21,30,39H,16-17H2,1-6H3,(H2,36,37)(H,38,42);7-16,20-21,30,38H,6,17-18H2,1-5H3,(H2,36,37)(H,39,42)/t20-,26?,30+;21-,30+;20-,21-,30+/m000/s1. The summed E-state index contributed by atoms with van der Waals surface area (Å²) < 4.78 is 115. The molecule has 9 aromatic carbocycles. The van der Waals surface area contributed by atoms with Crippen LogP contribution in [0.25, 0.3) is 32.3 Å². The molecule has 12 bridgehead atoms. The number of aryl methyl sites for hydroxylation is 4. The van der Waals surface area contributed by atoms with E-state index in [0.717, 1.165) is 72.2 Å². The minimum Gasteiger partial charge on any atom is -0.487 e. The first-order chi connectivity index (χ1) is 64.3. The first-order valence-corrected chi connectivity index (χ1v) is 46.0. The lowest BCUT2D eigenvalue weighted by molar-refractivity contribution is -0.132. The van der Waals surface area contributed by atoms with E-state index in [1.165, 1.54) is 39.1 Å². The number of aromatic nitrogens is 3. The van der Waals surface area contributed by atoms with Crippen LogP contribution in [-0.2, 0) is 58.1 Å². The number of sulfone groups is 1. The normalized spacial score (nSPS) is 17.9. The zero-order chi connectivity index (χ0) is 97.3. The van der Waals surface area contributed by atoms with E-state index in [1.807, 2.05) is 152 Å². The predicted molar refractivity (Wildman–Crippen MR) is 518 cm³/mol. The predicted octanol–water partition coefficient (Wildman–Crippen LogP) is 20.0. The van der Waals surface area contributed by atoms with Crippen molar-refractivity contribution in [1.29, 1.82) is 0 Å². The van der Waals surface area contributed by atoms with E-state index >= 15 is 13.2 Å². The highest BCUT2D eigenvalue weighted by atomic mass is 32.2. The zero-order valence-corrected chi connectivity index (χ0v) is 78.8. The van der Waals surface area contributed by atoms with Gasteiger partial charge in [-0.15, -0.1) is 0 Å². The number of ether oxygens (including phenoxy) is 5. The number of nitrogens with one attached hydrogen (secondary N) is 6. The molecular formula is C102H113F4N15O13S. The molecule has 6 aliphatic rings. The number of nitrogens with two attached hydrogens (primary N) is 3. The van der Waals surface area contributed by atoms with Gasteiger partial charge in [0.2, 0.25) is 17.7 Å². The Morgan fingerprint density at radius 1 is 0.452 bits per heavy atom. The van der Waals surface area contributed by atoms with Crippen LogP contribution in [0.3, 0.4) is 0 Å². The second-order valence-corrected chi connectivity index (χ2v) is 37.4. The highest BCUT2D eigenvalue weighted by Crippen LogP contribution is 2.40. The molecule has 0 aliphatic carbocycles. The molecule has 6 aliphatic heterocycles. The summed E-state index contributed by atoms with van der Waals surface area (Å²) in [6, 6.07) is 42.5. The number of anilines is 9. The number of halogens is 4. The maximum Gasteiger partial charge on any atom is 0.411 e. The van der Waals surface area contributed by atoms with Gasteiger partial charge in [-0.1, -0.05) is 89.2 Å². The summed E-state index contributed by atoms with van der Waals surface area (Å²) in [5.41, 5.74) is 29.3. The summed E-state index contributed by atoms with van der Waals surface area (Å²) in [6.45, 7) is 21.3. The number of hydrogen-bond acceptors (Lipinski definition) is 22. The molecule has 0 saturated carbocycles. The fourth-order valence-corrected chi connectivity index (χ4v) is 18.3. The molecule has 1 unspecified atom stereocenters. The second-order valence-electron chi connectivity index (χ2n) is 35.0. The van der Waals surface area contributed by atoms with E-state index in [-0.39, 0.29) is 120 Å². The number of alkyl halides is 1. The monoisotopic (exact) mass is 1860 g/mol. The van der Waals surface area contributed by atoms with Gasteiger partial charge in [-0.3, -0.25) is 30.3 Å². The van der Waals surface area contributed by atoms with Gasteiger partial charge in [0, 0.05) is 145 Å². The van der Waals surface area contributed by atoms with Gasteiger partial charge in [0.05, 0.1) is 41.8 Å². The Hall–Kier alpha value is -14.5. The van der Waals surface area contributed by atoms with E-state index in [1.54, 1.807) is 97.6 Å². The van der Waals surface area contributed by atoms with Crippen LogP contribution in [0.5, 0.6) is 11.5 Å². The molecule has 0 radical (unpaired) electrons. The number of carbonyl (C=O) groups excluding carboxylic acids is 6. The van der Waals surface area contributed by atoms with Gasteiger partial charge in [-0.05, 0) is 230 Å². The average molecular weight is 1870 g/mol. The van der Waals surface area contributed by atoms with Gasteiger partial charge in [0.15, 0.2) is 33.0 Å². The molecule has 8 atom stereocenters. The summed E-state index contributed by atoms with van der Waals surface area (Å²) in [4.78, 5) is 97.7. The van der Waals surface area contributed by atoms with E-state index < -0.39 is 87.6 Å². The van der Waals surface area contributed by atoms with Crippen LogP contribution >= 0.6 is 0 Å². The maximum absolute atomic E-state index is 15.5. The average Bonchev–Trinajstić information content (AvgIpc) is 0.767. The summed E-state index contributed by atoms with van der Waals surface area (Å²) in [6.07, 6.45) is 2.50. The van der Waals surface area contributed by atoms with Crippen molar-refractivity contribution in [3.05, 3.63) is 266 Å². The molecule has 135 heavy (non-hydrogen) atoms. The van der Waals surface area contributed by atoms with Crippen LogP contribution in [0.2, 0.25) is 0 Å². The Balaban J connectivity index is 0.000000172. The van der Waals surface area contributed by atoms with Crippen LogP contribution < -0.4 is 58.6 Å². The zero-order valence-electron chi connectivity index (χ0n) is 77.9. The largest absolute Gasteiger partial charge is 0.487 e. The van der Waals surface area contributed by atoms with Crippen molar-refractivity contribution in [2.75, 3.05) is 96.7 Å². The number of likely N-dealkylation sites (N-methyl/N-ethyl adjacent to an activating group) is 3. The lowest BCUT2D eigenvalue weighted by Crippen LogP contribution is -2.36. The number of pyridine rings is 3. The van der Waals surface area contributed by atoms with Crippen LogP contribution in [-0.4, -0.2) is 139 Å². The smallest absolute Gasteiger partial charge is 0.411 e. The summed E-state index contributed by atoms with van der Waals surface area (Å²) in [7, 11) is 1.03. The maximum atomic E-state index is 15.5. The van der Waals surface area contributed by atoms with Crippen molar-refractivity contribution < 1.29 is 78.4 Å². The number of carbonyl (C=O) groups is 6. The van der Waals surface area contributed by atoms with Gasteiger partial charge in [0.25, 0.3) is 0 Å². The molecule has 0 spiro atoms. The quantitative estimate of drug-likeness (QED) is 0.0340. The molecule has 12 N–H and O–H groups in total. The number of nitrogens with zero attached hydrogens (tertiary/aromatic N) is 6. The van der Waals surface area contributed by atoms with Crippen molar-refractivity contribution in [2.24, 2.45) is 0 Å². The minimum atomic E-state index is -3.78. The third kappa shape index (κ3) is 22.7. The van der Waals surface area contributed by atoms with Crippen LogP contribution in [0.1, 0.15) is 176 Å². The molecule has 33 heteroatoms. The van der Waals surface area contributed by atoms with Crippen molar-refractivity contribution in [3.63, 3.8) is 0 Å². The molecule has 0 saturated heterocycles. The second kappa shape index (κ2) is 42.2. The highest BCUT2D eigenvalue weighted by Gasteiger charge is 2.35. The van der Waals surface area contributed by atoms with Crippen molar-refractivity contribution in [1.82, 2.24) is 29.7 Å². The first-order valence-electron chi connectivity index (χ1n) is 44.5. The fraction of sp³-hybridized carbons (Fsp3) is 0.324. The highest BCUT2D eigenvalue weighted by molar-refractivity contribution is 7.92. The third-order valence-corrected chi connectivity index (χ3v) is 26.8. The molecule has 0 fully saturated rings. The van der Waals surface area contributed by atoms with Gasteiger partial charge in [-0.25, -0.2) is 55.3 Å². The van der Waals surface area contributed by atoms with E-state index in [4.69, 9.17) is 40.9 Å². The number of amides is 6. The Bertz CT molecular complexity index is 6650. The first kappa shape index (κ1) is 98.0. The Kier molecular flexibility index (Phi) is 30.6. The number of benzene rings is 9. The van der Waals surface area contributed by atoms with Crippen LogP contribution in [0.4, 0.5) is 83.5 Å². The van der Waals surface area contributed by atoms with Crippen LogP contribution in [0, 0.1) is 45.1 Å². The fourth-order valence-electron chi connectivity index (χ4n) is 16.8. The molecule has 28 nitrogen and oxygen atoms in total. The van der Waals surface area contributed by atoms with Gasteiger partial charge in [0.1, 0.15) is 54.2 Å². The topological polar surface area (TPSA) is 381 Å². The van der Waals surface area contributed by atoms with Gasteiger partial charge >= 0.3 is 18.3 Å². The van der Waals surface area contributed by atoms with Crippen molar-refractivity contribution in [2.45, 2.75) is 174 Å². The van der Waals surface area contributed by atoms with Gasteiger partial charge in [-0.2, -0.15) is 0 Å². The number of fused-ring (bicyclic) bond motifs is 30. The molecule has 9 heterocycles. The van der Waals surface area contributed by atoms with E-state index in [0.29, 0.717) is 74.4 Å². The van der Waals surface area contributed by atoms with Crippen molar-refractivity contribution in [3.8, 4) is 11.5 Å². The van der Waals surface area contributed by atoms with E-state index in [9.17, 15) is 41.6 Å². The summed E-state index contributed by atoms with van der Waals surface area (Å²) >= 11 is 0. The number of nitrogen functional groups attached to an aromatic ring is 3. The Labute approximate surface area is 781 Å². The molecule has 3 aromatic heterocycles. The molecule has 6 amide bonds. The Morgan fingerprint density at radius 2 is 0.830 bits per heavy atom. The van der Waals surface area contributed by atoms with Gasteiger partial charge < -0.3 is 71.5 Å². The molecule has 18 rings (SSSR count). The molecule has 12 aromatic rings. The summed E-state index contributed by atoms with van der Waals surface area (Å²) in [5, 5.41) is 21.6. The van der Waals surface area contributed by atoms with Crippen molar-refractivity contribution >= 4 is 130 Å².